The van der Waals surface area contributed by atoms with E-state index in [9.17, 15) is 4.39 Å². The van der Waals surface area contributed by atoms with E-state index in [2.05, 4.69) is 17.1 Å². The molecule has 0 saturated heterocycles. The number of ether oxygens (including phenoxy) is 1. The highest BCUT2D eigenvalue weighted by atomic mass is 19.1. The van der Waals surface area contributed by atoms with Crippen LogP contribution in [0, 0.1) is 5.82 Å². The van der Waals surface area contributed by atoms with Crippen molar-refractivity contribution in [3.63, 3.8) is 0 Å². The van der Waals surface area contributed by atoms with Crippen LogP contribution in [0.25, 0.3) is 0 Å². The normalized spacial score (nSPS) is 14.6. The summed E-state index contributed by atoms with van der Waals surface area (Å²) in [5.41, 5.74) is 0.589. The number of halogens is 1. The minimum absolute atomic E-state index is 0.0869. The zero-order valence-corrected chi connectivity index (χ0v) is 11.8. The molecule has 1 N–H and O–H groups in total. The van der Waals surface area contributed by atoms with E-state index in [0.717, 1.165) is 6.54 Å². The molecule has 0 aromatic heterocycles. The van der Waals surface area contributed by atoms with Gasteiger partial charge in [0.15, 0.2) is 0 Å². The third-order valence-corrected chi connectivity index (χ3v) is 2.84. The van der Waals surface area contributed by atoms with Crippen molar-refractivity contribution in [2.75, 3.05) is 27.7 Å². The molecule has 0 saturated carbocycles. The summed E-state index contributed by atoms with van der Waals surface area (Å²) in [7, 11) is 5.60. The lowest BCUT2D eigenvalue weighted by Gasteiger charge is -2.24. The Hall–Kier alpha value is -1.13. The van der Waals surface area contributed by atoms with Crippen LogP contribution >= 0.6 is 0 Å². The fourth-order valence-corrected chi connectivity index (χ4v) is 2.23. The second-order valence-corrected chi connectivity index (χ2v) is 4.91. The predicted molar refractivity (Wildman–Crippen MR) is 72.5 cm³/mol. The molecule has 0 radical (unpaired) electrons. The second-order valence-electron chi connectivity index (χ2n) is 4.91. The van der Waals surface area contributed by atoms with Gasteiger partial charge in [-0.25, -0.2) is 4.39 Å². The molecule has 18 heavy (non-hydrogen) atoms. The molecule has 0 bridgehead atoms. The topological polar surface area (TPSA) is 24.5 Å². The van der Waals surface area contributed by atoms with E-state index in [-0.39, 0.29) is 17.9 Å². The van der Waals surface area contributed by atoms with Gasteiger partial charge in [0.2, 0.25) is 0 Å². The van der Waals surface area contributed by atoms with Crippen LogP contribution in [0.4, 0.5) is 4.39 Å². The van der Waals surface area contributed by atoms with Crippen molar-refractivity contribution in [2.45, 2.75) is 25.9 Å². The molecule has 0 aliphatic rings. The van der Waals surface area contributed by atoms with Crippen LogP contribution in [0.3, 0.4) is 0 Å². The maximum Gasteiger partial charge on any atom is 0.131 e. The number of nitrogens with zero attached hydrogens (tertiary/aromatic N) is 1. The Balaban J connectivity index is 2.80. The van der Waals surface area contributed by atoms with Crippen molar-refractivity contribution >= 4 is 0 Å². The van der Waals surface area contributed by atoms with Crippen molar-refractivity contribution in [3.05, 3.63) is 29.6 Å². The summed E-state index contributed by atoms with van der Waals surface area (Å²) in [5, 5.41) is 3.38. The summed E-state index contributed by atoms with van der Waals surface area (Å²) >= 11 is 0. The number of likely N-dealkylation sites (N-methyl/N-ethyl adjacent to an activating group) is 1. The Kier molecular flexibility index (Phi) is 5.56. The van der Waals surface area contributed by atoms with Crippen molar-refractivity contribution in [1.29, 1.82) is 0 Å². The summed E-state index contributed by atoms with van der Waals surface area (Å²) in [5.74, 6) is 0.360. The summed E-state index contributed by atoms with van der Waals surface area (Å²) in [6.07, 6.45) is 0. The SMILES string of the molecule is COc1cccc(F)c1C(C)NC(C)CN(C)C. The molecular weight excluding hydrogens is 231 g/mol. The number of hydrogen-bond acceptors (Lipinski definition) is 3. The molecule has 4 heteroatoms. The third-order valence-electron chi connectivity index (χ3n) is 2.84. The molecule has 1 aromatic rings. The average Bonchev–Trinajstić information content (AvgIpc) is 2.26. The van der Waals surface area contributed by atoms with Crippen molar-refractivity contribution in [1.82, 2.24) is 10.2 Å². The highest BCUT2D eigenvalue weighted by Crippen LogP contribution is 2.27. The van der Waals surface area contributed by atoms with Gasteiger partial charge in [0.1, 0.15) is 11.6 Å². The van der Waals surface area contributed by atoms with Gasteiger partial charge in [0.05, 0.1) is 7.11 Å². The van der Waals surface area contributed by atoms with Crippen LogP contribution in [-0.4, -0.2) is 38.7 Å². The molecule has 0 amide bonds. The molecule has 0 aliphatic heterocycles. The molecule has 2 unspecified atom stereocenters. The zero-order valence-electron chi connectivity index (χ0n) is 11.8. The molecule has 0 aliphatic carbocycles. The summed E-state index contributed by atoms with van der Waals surface area (Å²) < 4.78 is 19.1. The highest BCUT2D eigenvalue weighted by Gasteiger charge is 2.18. The smallest absolute Gasteiger partial charge is 0.131 e. The van der Waals surface area contributed by atoms with Gasteiger partial charge >= 0.3 is 0 Å². The van der Waals surface area contributed by atoms with E-state index < -0.39 is 0 Å². The third kappa shape index (κ3) is 3.96. The standard InChI is InChI=1S/C14H23FN2O/c1-10(9-17(3)4)16-11(2)14-12(15)7-6-8-13(14)18-5/h6-8,10-11,16H,9H2,1-5H3. The van der Waals surface area contributed by atoms with Gasteiger partial charge in [-0.1, -0.05) is 6.07 Å². The fourth-order valence-electron chi connectivity index (χ4n) is 2.23. The Morgan fingerprint density at radius 1 is 1.33 bits per heavy atom. The highest BCUT2D eigenvalue weighted by molar-refractivity contribution is 5.36. The molecule has 0 fully saturated rings. The first-order valence-electron chi connectivity index (χ1n) is 6.19. The Bertz CT molecular complexity index is 382. The minimum atomic E-state index is -0.230. The average molecular weight is 254 g/mol. The van der Waals surface area contributed by atoms with E-state index >= 15 is 0 Å². The molecule has 2 atom stereocenters. The van der Waals surface area contributed by atoms with Crippen LogP contribution < -0.4 is 10.1 Å². The van der Waals surface area contributed by atoms with Gasteiger partial charge in [0, 0.05) is 24.2 Å². The first kappa shape index (κ1) is 14.9. The van der Waals surface area contributed by atoms with Crippen molar-refractivity contribution in [3.8, 4) is 5.75 Å². The quantitative estimate of drug-likeness (QED) is 0.844. The summed E-state index contributed by atoms with van der Waals surface area (Å²) in [4.78, 5) is 2.10. The Morgan fingerprint density at radius 3 is 2.56 bits per heavy atom. The van der Waals surface area contributed by atoms with Gasteiger partial charge in [-0.05, 0) is 40.1 Å². The van der Waals surface area contributed by atoms with Crippen molar-refractivity contribution < 1.29 is 9.13 Å². The van der Waals surface area contributed by atoms with Crippen LogP contribution in [0.1, 0.15) is 25.5 Å². The number of methoxy groups -OCH3 is 1. The lowest BCUT2D eigenvalue weighted by Crippen LogP contribution is -2.37. The van der Waals surface area contributed by atoms with Crippen LogP contribution in [0.5, 0.6) is 5.75 Å². The van der Waals surface area contributed by atoms with E-state index in [1.165, 1.54) is 6.07 Å². The summed E-state index contributed by atoms with van der Waals surface area (Å²) in [6.45, 7) is 4.94. The molecular formula is C14H23FN2O. The van der Waals surface area contributed by atoms with Crippen LogP contribution in [0.15, 0.2) is 18.2 Å². The van der Waals surface area contributed by atoms with E-state index in [1.807, 2.05) is 21.0 Å². The predicted octanol–water partition coefficient (Wildman–Crippen LogP) is 2.44. The number of hydrogen-bond donors (Lipinski definition) is 1. The number of rotatable bonds is 6. The van der Waals surface area contributed by atoms with E-state index in [1.54, 1.807) is 19.2 Å². The van der Waals surface area contributed by atoms with E-state index in [0.29, 0.717) is 11.3 Å². The molecule has 1 rings (SSSR count). The molecule has 3 nitrogen and oxygen atoms in total. The van der Waals surface area contributed by atoms with Gasteiger partial charge in [0.25, 0.3) is 0 Å². The maximum atomic E-state index is 13.9. The molecule has 0 heterocycles. The number of benzene rings is 1. The van der Waals surface area contributed by atoms with E-state index in [4.69, 9.17) is 4.74 Å². The number of nitrogens with one attached hydrogen (secondary N) is 1. The molecule has 102 valence electrons. The maximum absolute atomic E-state index is 13.9. The van der Waals surface area contributed by atoms with Gasteiger partial charge in [-0.3, -0.25) is 0 Å². The first-order valence-corrected chi connectivity index (χ1v) is 6.19. The monoisotopic (exact) mass is 254 g/mol. The fraction of sp³-hybridized carbons (Fsp3) is 0.571. The lowest BCUT2D eigenvalue weighted by molar-refractivity contribution is 0.327. The summed E-state index contributed by atoms with van der Waals surface area (Å²) in [6, 6.07) is 5.10. The van der Waals surface area contributed by atoms with Crippen LogP contribution in [-0.2, 0) is 0 Å². The van der Waals surface area contributed by atoms with Gasteiger partial charge in [-0.15, -0.1) is 0 Å². The zero-order chi connectivity index (χ0) is 13.7. The Morgan fingerprint density at radius 2 is 2.00 bits per heavy atom. The molecule has 1 aromatic carbocycles. The largest absolute Gasteiger partial charge is 0.496 e. The Labute approximate surface area is 109 Å². The van der Waals surface area contributed by atoms with Crippen molar-refractivity contribution in [2.24, 2.45) is 0 Å². The minimum Gasteiger partial charge on any atom is -0.496 e. The van der Waals surface area contributed by atoms with Gasteiger partial charge < -0.3 is 15.0 Å². The molecule has 0 spiro atoms. The lowest BCUT2D eigenvalue weighted by atomic mass is 10.1. The van der Waals surface area contributed by atoms with Gasteiger partial charge in [-0.2, -0.15) is 0 Å². The first-order chi connectivity index (χ1) is 8.45. The van der Waals surface area contributed by atoms with Crippen LogP contribution in [0.2, 0.25) is 0 Å². The second kappa shape index (κ2) is 6.71.